The Hall–Kier alpha value is -0.930. The molecular weight excluding hydrogens is 217 g/mol. The van der Waals surface area contributed by atoms with E-state index in [0.29, 0.717) is 12.8 Å². The smallest absolute Gasteiger partial charge is 0.126 e. The van der Waals surface area contributed by atoms with E-state index in [0.717, 1.165) is 17.5 Å². The zero-order valence-corrected chi connectivity index (χ0v) is 10.5. The quantitative estimate of drug-likeness (QED) is 0.846. The second-order valence-electron chi connectivity index (χ2n) is 5.54. The normalized spacial score (nSPS) is 23.8. The molecule has 0 spiro atoms. The molecule has 2 nitrogen and oxygen atoms in total. The molecule has 1 atom stereocenters. The summed E-state index contributed by atoms with van der Waals surface area (Å²) < 4.78 is 13.8. The van der Waals surface area contributed by atoms with Gasteiger partial charge < -0.3 is 10.8 Å². The van der Waals surface area contributed by atoms with Gasteiger partial charge in [0, 0.05) is 17.6 Å². The highest BCUT2D eigenvalue weighted by Gasteiger charge is 2.48. The number of aliphatic hydroxyl groups excluding tert-OH is 1. The number of fused-ring (bicyclic) bond motifs is 1. The molecular formula is C14H20FNO. The van der Waals surface area contributed by atoms with Crippen molar-refractivity contribution in [3.05, 3.63) is 35.1 Å². The van der Waals surface area contributed by atoms with Gasteiger partial charge in [-0.2, -0.15) is 0 Å². The van der Waals surface area contributed by atoms with E-state index in [1.165, 1.54) is 6.07 Å². The molecule has 1 aliphatic carbocycles. The van der Waals surface area contributed by atoms with E-state index in [-0.39, 0.29) is 17.8 Å². The molecule has 1 unspecified atom stereocenters. The molecule has 0 bridgehead atoms. The third-order valence-corrected chi connectivity index (χ3v) is 4.21. The van der Waals surface area contributed by atoms with Crippen LogP contribution in [0.4, 0.5) is 4.39 Å². The number of rotatable bonds is 3. The number of aliphatic hydroxyl groups is 1. The van der Waals surface area contributed by atoms with Crippen molar-refractivity contribution in [1.29, 1.82) is 0 Å². The van der Waals surface area contributed by atoms with Crippen LogP contribution in [-0.4, -0.2) is 17.3 Å². The molecule has 0 saturated heterocycles. The maximum absolute atomic E-state index is 13.8. The summed E-state index contributed by atoms with van der Waals surface area (Å²) in [5.41, 5.74) is 7.29. The minimum absolute atomic E-state index is 0.0799. The van der Waals surface area contributed by atoms with Crippen molar-refractivity contribution < 1.29 is 9.50 Å². The van der Waals surface area contributed by atoms with Crippen LogP contribution in [0.2, 0.25) is 0 Å². The van der Waals surface area contributed by atoms with Gasteiger partial charge in [-0.3, -0.25) is 0 Å². The Morgan fingerprint density at radius 3 is 2.76 bits per heavy atom. The van der Waals surface area contributed by atoms with Crippen LogP contribution in [0.15, 0.2) is 18.2 Å². The lowest BCUT2D eigenvalue weighted by molar-refractivity contribution is 0.175. The fourth-order valence-corrected chi connectivity index (χ4v) is 3.18. The van der Waals surface area contributed by atoms with E-state index in [2.05, 4.69) is 0 Å². The largest absolute Gasteiger partial charge is 0.396 e. The average molecular weight is 237 g/mol. The molecule has 0 radical (unpaired) electrons. The van der Waals surface area contributed by atoms with Gasteiger partial charge >= 0.3 is 0 Å². The van der Waals surface area contributed by atoms with E-state index >= 15 is 0 Å². The highest BCUT2D eigenvalue weighted by molar-refractivity contribution is 5.43. The van der Waals surface area contributed by atoms with E-state index in [4.69, 9.17) is 5.73 Å². The molecule has 3 N–H and O–H groups in total. The number of halogens is 1. The Morgan fingerprint density at radius 1 is 1.47 bits per heavy atom. The molecule has 0 aliphatic heterocycles. The summed E-state index contributed by atoms with van der Waals surface area (Å²) in [6.07, 6.45) is 2.11. The predicted molar refractivity (Wildman–Crippen MR) is 66.4 cm³/mol. The van der Waals surface area contributed by atoms with Crippen LogP contribution in [0, 0.1) is 5.82 Å². The van der Waals surface area contributed by atoms with Crippen LogP contribution in [-0.2, 0) is 11.8 Å². The Morgan fingerprint density at radius 2 is 2.18 bits per heavy atom. The summed E-state index contributed by atoms with van der Waals surface area (Å²) in [4.78, 5) is 0. The standard InChI is InChI=1S/C14H20FNO/c1-13(2,16)14(8-9-17)7-6-10-11(14)4-3-5-12(10)15/h3-5,17H,6-9,16H2,1-2H3. The van der Waals surface area contributed by atoms with Gasteiger partial charge in [-0.05, 0) is 50.3 Å². The van der Waals surface area contributed by atoms with Gasteiger partial charge in [0.15, 0.2) is 0 Å². The van der Waals surface area contributed by atoms with E-state index < -0.39 is 5.54 Å². The van der Waals surface area contributed by atoms with Crippen molar-refractivity contribution in [3.8, 4) is 0 Å². The van der Waals surface area contributed by atoms with Gasteiger partial charge in [0.1, 0.15) is 5.82 Å². The number of nitrogens with two attached hydrogens (primary N) is 1. The van der Waals surface area contributed by atoms with Gasteiger partial charge in [-0.15, -0.1) is 0 Å². The van der Waals surface area contributed by atoms with E-state index in [9.17, 15) is 9.50 Å². The molecule has 1 aromatic rings. The van der Waals surface area contributed by atoms with Crippen LogP contribution in [0.5, 0.6) is 0 Å². The van der Waals surface area contributed by atoms with Crippen LogP contribution < -0.4 is 5.73 Å². The summed E-state index contributed by atoms with van der Waals surface area (Å²) in [5, 5.41) is 9.30. The highest BCUT2D eigenvalue weighted by atomic mass is 19.1. The molecule has 0 amide bonds. The second kappa shape index (κ2) is 4.07. The summed E-state index contributed by atoms with van der Waals surface area (Å²) in [7, 11) is 0. The van der Waals surface area contributed by atoms with Crippen molar-refractivity contribution in [2.24, 2.45) is 5.73 Å². The van der Waals surface area contributed by atoms with Crippen molar-refractivity contribution in [2.45, 2.75) is 44.1 Å². The minimum atomic E-state index is -0.464. The topological polar surface area (TPSA) is 46.2 Å². The van der Waals surface area contributed by atoms with Gasteiger partial charge in [-0.1, -0.05) is 12.1 Å². The van der Waals surface area contributed by atoms with Crippen molar-refractivity contribution in [2.75, 3.05) is 6.61 Å². The molecule has 0 heterocycles. The Labute approximate surface area is 102 Å². The average Bonchev–Trinajstić information content (AvgIpc) is 2.60. The summed E-state index contributed by atoms with van der Waals surface area (Å²) in [6, 6.07) is 5.18. The molecule has 17 heavy (non-hydrogen) atoms. The maximum Gasteiger partial charge on any atom is 0.126 e. The zero-order valence-electron chi connectivity index (χ0n) is 10.5. The van der Waals surface area contributed by atoms with Crippen LogP contribution in [0.3, 0.4) is 0 Å². The first-order chi connectivity index (χ1) is 7.92. The molecule has 94 valence electrons. The monoisotopic (exact) mass is 237 g/mol. The molecule has 3 heteroatoms. The van der Waals surface area contributed by atoms with Crippen molar-refractivity contribution >= 4 is 0 Å². The van der Waals surface area contributed by atoms with Crippen molar-refractivity contribution in [1.82, 2.24) is 0 Å². The fraction of sp³-hybridized carbons (Fsp3) is 0.571. The van der Waals surface area contributed by atoms with Gasteiger partial charge in [0.2, 0.25) is 0 Å². The first-order valence-corrected chi connectivity index (χ1v) is 6.10. The lowest BCUT2D eigenvalue weighted by atomic mass is 9.66. The molecule has 1 aliphatic rings. The number of benzene rings is 1. The first kappa shape index (κ1) is 12.5. The maximum atomic E-state index is 13.8. The lowest BCUT2D eigenvalue weighted by Gasteiger charge is -2.42. The SMILES string of the molecule is CC(C)(N)C1(CCO)CCc2c(F)cccc21. The summed E-state index contributed by atoms with van der Waals surface area (Å²) in [5.74, 6) is -0.147. The Kier molecular flexibility index (Phi) is 3.00. The second-order valence-corrected chi connectivity index (χ2v) is 5.54. The number of hydrogen-bond acceptors (Lipinski definition) is 2. The summed E-state index contributed by atoms with van der Waals surface area (Å²) >= 11 is 0. The third kappa shape index (κ3) is 1.78. The van der Waals surface area contributed by atoms with Crippen LogP contribution in [0.1, 0.15) is 37.8 Å². The van der Waals surface area contributed by atoms with Gasteiger partial charge in [0.25, 0.3) is 0 Å². The minimum Gasteiger partial charge on any atom is -0.396 e. The number of hydrogen-bond donors (Lipinski definition) is 2. The Bertz CT molecular complexity index is 425. The zero-order chi connectivity index (χ0) is 12.7. The van der Waals surface area contributed by atoms with E-state index in [1.807, 2.05) is 19.9 Å². The third-order valence-electron chi connectivity index (χ3n) is 4.21. The summed E-state index contributed by atoms with van der Waals surface area (Å²) in [6.45, 7) is 4.00. The van der Waals surface area contributed by atoms with E-state index in [1.54, 1.807) is 6.07 Å². The molecule has 0 saturated carbocycles. The van der Waals surface area contributed by atoms with Gasteiger partial charge in [-0.25, -0.2) is 4.39 Å². The molecule has 1 aromatic carbocycles. The lowest BCUT2D eigenvalue weighted by Crippen LogP contribution is -2.53. The molecule has 0 aromatic heterocycles. The predicted octanol–water partition coefficient (Wildman–Crippen LogP) is 2.13. The fourth-order valence-electron chi connectivity index (χ4n) is 3.18. The van der Waals surface area contributed by atoms with Gasteiger partial charge in [0.05, 0.1) is 0 Å². The van der Waals surface area contributed by atoms with Crippen LogP contribution in [0.25, 0.3) is 0 Å². The van der Waals surface area contributed by atoms with Crippen molar-refractivity contribution in [3.63, 3.8) is 0 Å². The Balaban J connectivity index is 2.57. The van der Waals surface area contributed by atoms with Crippen LogP contribution >= 0.6 is 0 Å². The molecule has 2 rings (SSSR count). The highest BCUT2D eigenvalue weighted by Crippen LogP contribution is 2.48. The first-order valence-electron chi connectivity index (χ1n) is 6.10. The molecule has 0 fully saturated rings.